The molecule has 0 unspecified atom stereocenters. The fourth-order valence-corrected chi connectivity index (χ4v) is 3.93. The summed E-state index contributed by atoms with van der Waals surface area (Å²) in [6.07, 6.45) is 0. The molecule has 0 heterocycles. The second-order valence-electron chi connectivity index (χ2n) is 7.31. The lowest BCUT2D eigenvalue weighted by atomic mass is 10.0. The number of hydrogen-bond acceptors (Lipinski definition) is 4. The summed E-state index contributed by atoms with van der Waals surface area (Å²) in [5, 5.41) is 37.2. The van der Waals surface area contributed by atoms with Crippen molar-refractivity contribution >= 4 is 22.7 Å². The van der Waals surface area contributed by atoms with E-state index in [9.17, 15) is 21.0 Å². The van der Waals surface area contributed by atoms with Crippen LogP contribution in [0, 0.1) is 45.3 Å². The minimum absolute atomic E-state index is 0.134. The van der Waals surface area contributed by atoms with E-state index in [1.54, 1.807) is 48.5 Å². The van der Waals surface area contributed by atoms with Crippen LogP contribution >= 0.6 is 0 Å². The molecule has 0 radical (unpaired) electrons. The molecule has 33 heavy (non-hydrogen) atoms. The predicted molar refractivity (Wildman–Crippen MR) is 125 cm³/mol. The lowest BCUT2D eigenvalue weighted by molar-refractivity contribution is 0.703. The van der Waals surface area contributed by atoms with Crippen LogP contribution in [0.1, 0.15) is 22.3 Å². The first-order valence-corrected chi connectivity index (χ1v) is 10.1. The highest BCUT2D eigenvalue weighted by atomic mass is 15.4. The number of nitrogens with zero attached hydrogens (tertiary/aromatic N) is 5. The van der Waals surface area contributed by atoms with Crippen LogP contribution in [-0.4, -0.2) is 0 Å². The molecule has 0 bridgehead atoms. The first kappa shape index (κ1) is 21.0. The highest BCUT2D eigenvalue weighted by Gasteiger charge is 2.39. The third-order valence-electron chi connectivity index (χ3n) is 5.53. The molecule has 0 aromatic heterocycles. The normalized spacial score (nSPS) is 10.3. The van der Waals surface area contributed by atoms with Crippen LogP contribution in [0.15, 0.2) is 97.1 Å². The average Bonchev–Trinajstić information content (AvgIpc) is 2.90. The highest BCUT2D eigenvalue weighted by Crippen LogP contribution is 2.51. The number of quaternary nitrogens is 1. The molecule has 152 valence electrons. The molecule has 5 heteroatoms. The number of hydrogen-bond donors (Lipinski definition) is 0. The number of nitriles is 4. The summed E-state index contributed by atoms with van der Waals surface area (Å²) >= 11 is 0. The molecule has 4 rings (SSSR count). The molecule has 0 atom stereocenters. The molecule has 0 aliphatic heterocycles. The summed E-state index contributed by atoms with van der Waals surface area (Å²) in [5.41, 5.74) is 5.57. The third-order valence-corrected chi connectivity index (χ3v) is 5.53. The van der Waals surface area contributed by atoms with Gasteiger partial charge in [-0.15, -0.1) is 0 Å². The largest absolute Gasteiger partial charge is 0.194 e. The maximum absolute atomic E-state index is 9.31. The topological polar surface area (TPSA) is 95.2 Å². The molecule has 0 spiro atoms. The van der Waals surface area contributed by atoms with Crippen LogP contribution in [-0.2, 0) is 0 Å². The van der Waals surface area contributed by atoms with E-state index in [1.807, 2.05) is 48.5 Å². The van der Waals surface area contributed by atoms with E-state index in [2.05, 4.69) is 24.3 Å². The van der Waals surface area contributed by atoms with E-state index < -0.39 is 0 Å². The van der Waals surface area contributed by atoms with Gasteiger partial charge in [0, 0.05) is 48.5 Å². The van der Waals surface area contributed by atoms with Gasteiger partial charge in [0.05, 0.1) is 46.5 Å². The molecule has 4 aromatic carbocycles. The van der Waals surface area contributed by atoms with Gasteiger partial charge in [0.25, 0.3) is 0 Å². The molecule has 0 aliphatic rings. The number of benzene rings is 4. The van der Waals surface area contributed by atoms with E-state index in [0.717, 1.165) is 22.7 Å². The van der Waals surface area contributed by atoms with Crippen LogP contribution in [0.4, 0.5) is 22.7 Å². The molecule has 0 amide bonds. The average molecular weight is 422 g/mol. The second kappa shape index (κ2) is 8.89. The Hall–Kier alpha value is -5.20. The zero-order chi connectivity index (χ0) is 23.3. The quantitative estimate of drug-likeness (QED) is 0.352. The minimum Gasteiger partial charge on any atom is -0.194 e. The van der Waals surface area contributed by atoms with Gasteiger partial charge < -0.3 is 0 Å². The molecule has 0 N–H and O–H groups in total. The van der Waals surface area contributed by atoms with Crippen LogP contribution in [0.5, 0.6) is 0 Å². The summed E-state index contributed by atoms with van der Waals surface area (Å²) in [5.74, 6) is 0. The molecule has 0 aliphatic carbocycles. The Morgan fingerprint density at radius 3 is 0.667 bits per heavy atom. The molecule has 0 fully saturated rings. The van der Waals surface area contributed by atoms with Gasteiger partial charge >= 0.3 is 0 Å². The van der Waals surface area contributed by atoms with Crippen LogP contribution < -0.4 is 4.48 Å². The molecule has 0 saturated heterocycles. The summed E-state index contributed by atoms with van der Waals surface area (Å²) in [7, 11) is 0. The van der Waals surface area contributed by atoms with Crippen molar-refractivity contribution in [3.8, 4) is 24.3 Å². The van der Waals surface area contributed by atoms with Gasteiger partial charge in [-0.1, -0.05) is 0 Å². The van der Waals surface area contributed by atoms with Crippen molar-refractivity contribution < 1.29 is 0 Å². The van der Waals surface area contributed by atoms with Crippen molar-refractivity contribution in [3.05, 3.63) is 119 Å². The third kappa shape index (κ3) is 3.69. The van der Waals surface area contributed by atoms with Crippen LogP contribution in [0.2, 0.25) is 0 Å². The van der Waals surface area contributed by atoms with Crippen molar-refractivity contribution in [2.75, 3.05) is 0 Å². The molecular formula is C28H16N5+. The Morgan fingerprint density at radius 2 is 0.515 bits per heavy atom. The lowest BCUT2D eigenvalue weighted by Gasteiger charge is -2.37. The standard InChI is InChI=1S/C28H16N5/c29-17-21-1-9-25(10-2-21)33(26-11-3-22(18-30)4-12-26,27-13-5-23(19-31)6-14-27)28-15-7-24(20-32)8-16-28/h1-16H/q+1. The van der Waals surface area contributed by atoms with Gasteiger partial charge in [-0.25, -0.2) is 0 Å². The molecule has 0 saturated carbocycles. The first-order valence-electron chi connectivity index (χ1n) is 10.1. The first-order chi connectivity index (χ1) is 16.1. The molecule has 5 nitrogen and oxygen atoms in total. The highest BCUT2D eigenvalue weighted by molar-refractivity contribution is 5.82. The van der Waals surface area contributed by atoms with Crippen LogP contribution in [0.25, 0.3) is 0 Å². The minimum atomic E-state index is 0.134. The Balaban J connectivity index is 2.11. The smallest absolute Gasteiger partial charge is 0.148 e. The van der Waals surface area contributed by atoms with Crippen molar-refractivity contribution in [3.63, 3.8) is 0 Å². The van der Waals surface area contributed by atoms with Gasteiger partial charge in [-0.3, -0.25) is 0 Å². The maximum Gasteiger partial charge on any atom is 0.148 e. The Bertz CT molecular complexity index is 1220. The molecule has 4 aromatic rings. The monoisotopic (exact) mass is 422 g/mol. The van der Waals surface area contributed by atoms with Gasteiger partial charge in [0.2, 0.25) is 0 Å². The van der Waals surface area contributed by atoms with Crippen molar-refractivity contribution in [1.82, 2.24) is 4.48 Å². The van der Waals surface area contributed by atoms with Crippen molar-refractivity contribution in [2.24, 2.45) is 0 Å². The van der Waals surface area contributed by atoms with E-state index in [-0.39, 0.29) is 4.48 Å². The van der Waals surface area contributed by atoms with Gasteiger partial charge in [-0.05, 0) is 48.5 Å². The summed E-state index contributed by atoms with van der Waals surface area (Å²) in [6, 6.07) is 37.9. The van der Waals surface area contributed by atoms with Gasteiger partial charge in [0.15, 0.2) is 0 Å². The number of rotatable bonds is 4. The zero-order valence-electron chi connectivity index (χ0n) is 17.5. The van der Waals surface area contributed by atoms with E-state index in [4.69, 9.17) is 0 Å². The van der Waals surface area contributed by atoms with Gasteiger partial charge in [-0.2, -0.15) is 25.5 Å². The van der Waals surface area contributed by atoms with E-state index in [1.165, 1.54) is 0 Å². The summed E-state index contributed by atoms with van der Waals surface area (Å²) in [4.78, 5) is 0. The lowest BCUT2D eigenvalue weighted by Crippen LogP contribution is -2.33. The Kier molecular flexibility index (Phi) is 5.67. The predicted octanol–water partition coefficient (Wildman–Crippen LogP) is 6.48. The van der Waals surface area contributed by atoms with E-state index in [0.29, 0.717) is 22.3 Å². The SMILES string of the molecule is N#Cc1ccc([N+](c2ccc(C#N)cc2)(c2ccc(C#N)cc2)c2ccc(C#N)cc2)cc1. The molecular weight excluding hydrogens is 406 g/mol. The Morgan fingerprint density at radius 1 is 0.333 bits per heavy atom. The zero-order valence-corrected chi connectivity index (χ0v) is 17.5. The Labute approximate surface area is 192 Å². The summed E-state index contributed by atoms with van der Waals surface area (Å²) in [6.45, 7) is 0. The fourth-order valence-electron chi connectivity index (χ4n) is 3.93. The van der Waals surface area contributed by atoms with Crippen molar-refractivity contribution in [2.45, 2.75) is 0 Å². The maximum atomic E-state index is 9.31. The summed E-state index contributed by atoms with van der Waals surface area (Å²) < 4.78 is 0.134. The van der Waals surface area contributed by atoms with Gasteiger partial charge in [0.1, 0.15) is 22.7 Å². The van der Waals surface area contributed by atoms with E-state index >= 15 is 0 Å². The second-order valence-corrected chi connectivity index (χ2v) is 7.31. The van der Waals surface area contributed by atoms with Crippen LogP contribution in [0.3, 0.4) is 0 Å². The fraction of sp³-hybridized carbons (Fsp3) is 0. The van der Waals surface area contributed by atoms with Crippen molar-refractivity contribution in [1.29, 1.82) is 21.0 Å².